The first-order chi connectivity index (χ1) is 16.9. The highest BCUT2D eigenvalue weighted by Gasteiger charge is 2.38. The van der Waals surface area contributed by atoms with E-state index >= 15 is 0 Å². The van der Waals surface area contributed by atoms with Crippen molar-refractivity contribution in [1.82, 2.24) is 20.4 Å². The van der Waals surface area contributed by atoms with Gasteiger partial charge in [0.15, 0.2) is 5.84 Å². The standard InChI is InChI=1S/C25H39F2N7O2/c1-6-8-28-19-12-17(14-30-19)22-29-9-7-20(32-22)34-11-10-33(21(35)13-24(2,3)4)15-18(34)23(36)31-16-25(5,26)27/h14,18H,6-13,15-16H2,1-5H3,(H,28,30)(H,31,36)/t18-/m1/s1. The lowest BCUT2D eigenvalue weighted by Crippen LogP contribution is -2.62. The van der Waals surface area contributed by atoms with E-state index in [4.69, 9.17) is 4.99 Å². The summed E-state index contributed by atoms with van der Waals surface area (Å²) in [6.45, 7) is 10.2. The van der Waals surface area contributed by atoms with E-state index in [2.05, 4.69) is 27.5 Å². The maximum absolute atomic E-state index is 13.5. The normalized spacial score (nSPS) is 22.1. The van der Waals surface area contributed by atoms with E-state index in [9.17, 15) is 18.4 Å². The highest BCUT2D eigenvalue weighted by atomic mass is 19.3. The number of carbonyl (C=O) groups is 2. The van der Waals surface area contributed by atoms with Crippen LogP contribution in [0.2, 0.25) is 0 Å². The van der Waals surface area contributed by atoms with Gasteiger partial charge in [-0.2, -0.15) is 0 Å². The number of carbonyl (C=O) groups excluding carboxylic acids is 2. The molecule has 200 valence electrons. The van der Waals surface area contributed by atoms with E-state index in [0.29, 0.717) is 50.6 Å². The van der Waals surface area contributed by atoms with Crippen molar-refractivity contribution in [1.29, 1.82) is 0 Å². The number of hydrogen-bond acceptors (Lipinski definition) is 6. The van der Waals surface area contributed by atoms with E-state index in [-0.39, 0.29) is 17.9 Å². The molecule has 9 nitrogen and oxygen atoms in total. The Kier molecular flexibility index (Phi) is 8.84. The Balaban J connectivity index is 1.78. The summed E-state index contributed by atoms with van der Waals surface area (Å²) < 4.78 is 26.9. The quantitative estimate of drug-likeness (QED) is 0.553. The Hall–Kier alpha value is -2.85. The van der Waals surface area contributed by atoms with Crippen LogP contribution in [0, 0.1) is 5.41 Å². The molecule has 36 heavy (non-hydrogen) atoms. The molecule has 2 amide bonds. The molecule has 0 aromatic carbocycles. The highest BCUT2D eigenvalue weighted by molar-refractivity contribution is 6.12. The zero-order chi connectivity index (χ0) is 26.5. The third kappa shape index (κ3) is 7.83. The summed E-state index contributed by atoms with van der Waals surface area (Å²) in [5.74, 6) is -1.46. The van der Waals surface area contributed by atoms with Gasteiger partial charge in [-0.05, 0) is 11.8 Å². The zero-order valence-corrected chi connectivity index (χ0v) is 22.0. The molecule has 0 unspecified atom stereocenters. The second-order valence-electron chi connectivity index (χ2n) is 10.9. The summed E-state index contributed by atoms with van der Waals surface area (Å²) in [5.41, 5.74) is 0.727. The number of nitrogens with one attached hydrogen (secondary N) is 2. The van der Waals surface area contributed by atoms with Gasteiger partial charge in [0.2, 0.25) is 11.8 Å². The second-order valence-corrected chi connectivity index (χ2v) is 10.9. The van der Waals surface area contributed by atoms with Crippen LogP contribution in [0.15, 0.2) is 26.8 Å². The molecule has 2 N–H and O–H groups in total. The van der Waals surface area contributed by atoms with Gasteiger partial charge in [0.05, 0.1) is 13.1 Å². The number of hydrogen-bond donors (Lipinski definition) is 2. The van der Waals surface area contributed by atoms with Crippen LogP contribution in [0.5, 0.6) is 0 Å². The molecule has 3 rings (SSSR count). The summed E-state index contributed by atoms with van der Waals surface area (Å²) >= 11 is 0. The van der Waals surface area contributed by atoms with E-state index in [1.54, 1.807) is 4.90 Å². The van der Waals surface area contributed by atoms with Gasteiger partial charge in [-0.25, -0.2) is 13.8 Å². The Morgan fingerprint density at radius 2 is 2.00 bits per heavy atom. The van der Waals surface area contributed by atoms with Gasteiger partial charge in [-0.15, -0.1) is 0 Å². The molecule has 0 aliphatic carbocycles. The number of halogens is 2. The van der Waals surface area contributed by atoms with Crippen molar-refractivity contribution in [2.45, 2.75) is 72.3 Å². The molecule has 0 radical (unpaired) electrons. The Bertz CT molecular complexity index is 960. The average Bonchev–Trinajstić information content (AvgIpc) is 3.28. The molecule has 0 aromatic heterocycles. The summed E-state index contributed by atoms with van der Waals surface area (Å²) in [6, 6.07) is -0.805. The number of alkyl halides is 2. The lowest BCUT2D eigenvalue weighted by molar-refractivity contribution is -0.138. The van der Waals surface area contributed by atoms with Gasteiger partial charge in [0.25, 0.3) is 5.92 Å². The highest BCUT2D eigenvalue weighted by Crippen LogP contribution is 2.23. The fraction of sp³-hybridized carbons (Fsp3) is 0.720. The minimum absolute atomic E-state index is 0.0466. The van der Waals surface area contributed by atoms with E-state index in [1.165, 1.54) is 0 Å². The van der Waals surface area contributed by atoms with Crippen LogP contribution in [0.1, 0.15) is 60.3 Å². The van der Waals surface area contributed by atoms with Crippen LogP contribution < -0.4 is 10.6 Å². The largest absolute Gasteiger partial charge is 0.350 e. The van der Waals surface area contributed by atoms with Crippen molar-refractivity contribution in [3.63, 3.8) is 0 Å². The molecule has 1 saturated heterocycles. The van der Waals surface area contributed by atoms with Crippen LogP contribution in [0.4, 0.5) is 8.78 Å². The number of piperazine rings is 1. The van der Waals surface area contributed by atoms with Crippen molar-refractivity contribution in [3.8, 4) is 0 Å². The van der Waals surface area contributed by atoms with Crippen molar-refractivity contribution in [3.05, 3.63) is 11.8 Å². The van der Waals surface area contributed by atoms with Gasteiger partial charge in [0.1, 0.15) is 17.7 Å². The summed E-state index contributed by atoms with van der Waals surface area (Å²) in [5, 5.41) is 5.54. The molecular formula is C25H39F2N7O2. The first-order valence-electron chi connectivity index (χ1n) is 12.7. The molecule has 0 bridgehead atoms. The van der Waals surface area contributed by atoms with E-state index in [0.717, 1.165) is 31.3 Å². The molecule has 3 heterocycles. The smallest absolute Gasteiger partial charge is 0.262 e. The minimum Gasteiger partial charge on any atom is -0.350 e. The van der Waals surface area contributed by atoms with E-state index < -0.39 is 24.4 Å². The fourth-order valence-electron chi connectivity index (χ4n) is 4.27. The topological polar surface area (TPSA) is 102 Å². The predicted octanol–water partition coefficient (Wildman–Crippen LogP) is 2.59. The molecule has 0 aromatic rings. The second kappa shape index (κ2) is 11.5. The van der Waals surface area contributed by atoms with Crippen molar-refractivity contribution >= 4 is 29.3 Å². The van der Waals surface area contributed by atoms with Crippen molar-refractivity contribution in [2.75, 3.05) is 39.3 Å². The summed E-state index contributed by atoms with van der Waals surface area (Å²) in [6.07, 6.45) is 4.30. The van der Waals surface area contributed by atoms with Crippen molar-refractivity contribution < 1.29 is 18.4 Å². The molecule has 1 fully saturated rings. The first kappa shape index (κ1) is 27.7. The Labute approximate surface area is 212 Å². The molecule has 1 atom stereocenters. The molecule has 3 aliphatic heterocycles. The molecule has 3 aliphatic rings. The monoisotopic (exact) mass is 507 g/mol. The zero-order valence-electron chi connectivity index (χ0n) is 22.0. The van der Waals surface area contributed by atoms with Crippen LogP contribution in [-0.4, -0.2) is 90.4 Å². The van der Waals surface area contributed by atoms with Crippen LogP contribution in [0.3, 0.4) is 0 Å². The first-order valence-corrected chi connectivity index (χ1v) is 12.7. The van der Waals surface area contributed by atoms with Crippen LogP contribution in [0.25, 0.3) is 0 Å². The van der Waals surface area contributed by atoms with Crippen LogP contribution in [-0.2, 0) is 9.59 Å². The molecule has 0 spiro atoms. The maximum Gasteiger partial charge on any atom is 0.262 e. The molecule has 0 saturated carbocycles. The molecular weight excluding hydrogens is 468 g/mol. The Morgan fingerprint density at radius 3 is 2.67 bits per heavy atom. The predicted molar refractivity (Wildman–Crippen MR) is 138 cm³/mol. The minimum atomic E-state index is -3.03. The lowest BCUT2D eigenvalue weighted by Gasteiger charge is -2.43. The average molecular weight is 508 g/mol. The number of rotatable bonds is 7. The van der Waals surface area contributed by atoms with E-state index in [1.807, 2.05) is 31.9 Å². The maximum atomic E-state index is 13.5. The fourth-order valence-corrected chi connectivity index (χ4v) is 4.27. The number of amides is 2. The third-order valence-corrected chi connectivity index (χ3v) is 6.04. The number of amidine groups is 3. The van der Waals surface area contributed by atoms with Crippen molar-refractivity contribution in [2.24, 2.45) is 20.4 Å². The Morgan fingerprint density at radius 1 is 1.25 bits per heavy atom. The van der Waals surface area contributed by atoms with Gasteiger partial charge in [0, 0.05) is 64.1 Å². The number of aliphatic imine (C=N–C) groups is 3. The molecule has 11 heteroatoms. The SMILES string of the molecule is CCCN=C1CC(C2=NCCC(N3CCN(C(=O)CC(C)(C)C)C[C@@H]3C(=O)NCC(C)(F)F)=N2)=CN1. The summed E-state index contributed by atoms with van der Waals surface area (Å²) in [7, 11) is 0. The van der Waals surface area contributed by atoms with Gasteiger partial charge < -0.3 is 20.4 Å². The van der Waals surface area contributed by atoms with Gasteiger partial charge in [-0.1, -0.05) is 27.7 Å². The summed E-state index contributed by atoms with van der Waals surface area (Å²) in [4.78, 5) is 43.3. The van der Waals surface area contributed by atoms with Gasteiger partial charge >= 0.3 is 0 Å². The van der Waals surface area contributed by atoms with Gasteiger partial charge in [-0.3, -0.25) is 19.6 Å². The van der Waals surface area contributed by atoms with Crippen LogP contribution >= 0.6 is 0 Å². The number of nitrogens with zero attached hydrogens (tertiary/aromatic N) is 5. The lowest BCUT2D eigenvalue weighted by atomic mass is 9.91. The third-order valence-electron chi connectivity index (χ3n) is 6.04.